The van der Waals surface area contributed by atoms with E-state index in [4.69, 9.17) is 0 Å². The Morgan fingerprint density at radius 2 is 1.50 bits per heavy atom. The molecule has 2 heteroatoms. The molecule has 64 valence electrons. The molecule has 0 bridgehead atoms. The summed E-state index contributed by atoms with van der Waals surface area (Å²) < 4.78 is 0. The van der Waals surface area contributed by atoms with E-state index in [0.29, 0.717) is 0 Å². The second kappa shape index (κ2) is 11.7. The van der Waals surface area contributed by atoms with Crippen LogP contribution in [-0.4, -0.2) is 39.1 Å². The molecule has 2 nitrogen and oxygen atoms in total. The Morgan fingerprint density at radius 1 is 1.10 bits per heavy atom. The van der Waals surface area contributed by atoms with Gasteiger partial charge in [-0.2, -0.15) is 0 Å². The predicted octanol–water partition coefficient (Wildman–Crippen LogP) is 1.18. The van der Waals surface area contributed by atoms with Crippen molar-refractivity contribution in [1.29, 1.82) is 0 Å². The summed E-state index contributed by atoms with van der Waals surface area (Å²) in [6, 6.07) is 0. The average molecular weight is 146 g/mol. The van der Waals surface area contributed by atoms with Crippen molar-refractivity contribution in [3.63, 3.8) is 0 Å². The molecule has 0 fully saturated rings. The third-order valence-electron chi connectivity index (χ3n) is 0.677. The van der Waals surface area contributed by atoms with E-state index in [0.717, 1.165) is 13.1 Å². The molecule has 0 aliphatic rings. The number of rotatable bonds is 3. The molecule has 0 heterocycles. The second-order valence-electron chi connectivity index (χ2n) is 2.70. The Balaban J connectivity index is 0. The van der Waals surface area contributed by atoms with Gasteiger partial charge in [0.05, 0.1) is 0 Å². The molecule has 0 amide bonds. The lowest BCUT2D eigenvalue weighted by atomic mass is 10.5. The molecule has 0 spiro atoms. The van der Waals surface area contributed by atoms with E-state index in [-0.39, 0.29) is 0 Å². The van der Waals surface area contributed by atoms with E-state index in [2.05, 4.69) is 19.2 Å². The van der Waals surface area contributed by atoms with E-state index in [1.807, 2.05) is 26.0 Å². The lowest BCUT2D eigenvalue weighted by molar-refractivity contribution is 0.505. The minimum Gasteiger partial charge on any atom is -0.317 e. The van der Waals surface area contributed by atoms with Crippen molar-refractivity contribution in [1.82, 2.24) is 10.2 Å². The van der Waals surface area contributed by atoms with Gasteiger partial charge in [-0.3, -0.25) is 0 Å². The predicted molar refractivity (Wildman–Crippen MR) is 48.4 cm³/mol. The summed E-state index contributed by atoms with van der Waals surface area (Å²) in [5.41, 5.74) is 0. The number of nitrogens with one attached hydrogen (secondary N) is 1. The van der Waals surface area contributed by atoms with E-state index in [1.54, 1.807) is 0 Å². The lowest BCUT2D eigenvalue weighted by Crippen LogP contribution is -2.12. The Labute approximate surface area is 65.6 Å². The highest BCUT2D eigenvalue weighted by Crippen LogP contribution is 1.65. The molecule has 1 N–H and O–H groups in total. The molecule has 0 aromatic rings. The fourth-order valence-electron chi connectivity index (χ4n) is 0.354. The number of nitrogens with zero attached hydrogens (tertiary/aromatic N) is 1. The maximum atomic E-state index is 3.20. The SMILES string of the molecule is CCCNCC.CN(C)C. The van der Waals surface area contributed by atoms with Gasteiger partial charge < -0.3 is 10.2 Å². The minimum absolute atomic E-state index is 1.10. The lowest BCUT2D eigenvalue weighted by Gasteiger charge is -1.91. The molecule has 0 aliphatic heterocycles. The second-order valence-corrected chi connectivity index (χ2v) is 2.70. The van der Waals surface area contributed by atoms with Crippen molar-refractivity contribution < 1.29 is 0 Å². The average Bonchev–Trinajstić information content (AvgIpc) is 1.82. The smallest absolute Gasteiger partial charge is 0.00517 e. The maximum Gasteiger partial charge on any atom is -0.00517 e. The van der Waals surface area contributed by atoms with Gasteiger partial charge in [-0.05, 0) is 40.7 Å². The highest BCUT2D eigenvalue weighted by Gasteiger charge is 1.71. The highest BCUT2D eigenvalue weighted by molar-refractivity contribution is 4.35. The minimum atomic E-state index is 1.10. The van der Waals surface area contributed by atoms with Gasteiger partial charge in [-0.25, -0.2) is 0 Å². The molecule has 0 aromatic heterocycles. The molecule has 0 radical (unpaired) electrons. The zero-order chi connectivity index (χ0) is 8.41. The van der Waals surface area contributed by atoms with Crippen LogP contribution < -0.4 is 5.32 Å². The van der Waals surface area contributed by atoms with Crippen molar-refractivity contribution >= 4 is 0 Å². The first-order valence-corrected chi connectivity index (χ1v) is 3.96. The van der Waals surface area contributed by atoms with E-state index in [1.165, 1.54) is 6.42 Å². The van der Waals surface area contributed by atoms with Crippen LogP contribution in [0.2, 0.25) is 0 Å². The third-order valence-corrected chi connectivity index (χ3v) is 0.677. The fraction of sp³-hybridized carbons (Fsp3) is 1.00. The third kappa shape index (κ3) is 44.5. The summed E-state index contributed by atoms with van der Waals surface area (Å²) in [6.07, 6.45) is 1.24. The van der Waals surface area contributed by atoms with Crippen LogP contribution in [0.3, 0.4) is 0 Å². The van der Waals surface area contributed by atoms with Crippen LogP contribution in [0.1, 0.15) is 20.3 Å². The van der Waals surface area contributed by atoms with Crippen LogP contribution in [0.5, 0.6) is 0 Å². The molecule has 10 heavy (non-hydrogen) atoms. The molecule has 0 rings (SSSR count). The monoisotopic (exact) mass is 146 g/mol. The van der Waals surface area contributed by atoms with Gasteiger partial charge in [0, 0.05) is 0 Å². The first-order valence-electron chi connectivity index (χ1n) is 3.96. The van der Waals surface area contributed by atoms with Crippen molar-refractivity contribution in [2.75, 3.05) is 34.2 Å². The summed E-state index contributed by atoms with van der Waals surface area (Å²) in [7, 11) is 6.00. The van der Waals surface area contributed by atoms with Crippen LogP contribution in [0.4, 0.5) is 0 Å². The Morgan fingerprint density at radius 3 is 1.60 bits per heavy atom. The van der Waals surface area contributed by atoms with E-state index < -0.39 is 0 Å². The zero-order valence-corrected chi connectivity index (χ0v) is 8.07. The summed E-state index contributed by atoms with van der Waals surface area (Å²) >= 11 is 0. The summed E-state index contributed by atoms with van der Waals surface area (Å²) in [4.78, 5) is 2.00. The molecule has 0 aliphatic carbocycles. The van der Waals surface area contributed by atoms with Gasteiger partial charge in [0.2, 0.25) is 0 Å². The van der Waals surface area contributed by atoms with Gasteiger partial charge in [-0.1, -0.05) is 13.8 Å². The first kappa shape index (κ1) is 12.6. The largest absolute Gasteiger partial charge is 0.317 e. The van der Waals surface area contributed by atoms with Crippen LogP contribution in [0.25, 0.3) is 0 Å². The summed E-state index contributed by atoms with van der Waals surface area (Å²) in [5.74, 6) is 0. The van der Waals surface area contributed by atoms with E-state index >= 15 is 0 Å². The van der Waals surface area contributed by atoms with Crippen molar-refractivity contribution in [2.45, 2.75) is 20.3 Å². The molecular weight excluding hydrogens is 124 g/mol. The van der Waals surface area contributed by atoms with Crippen LogP contribution in [0, 0.1) is 0 Å². The van der Waals surface area contributed by atoms with Gasteiger partial charge in [0.1, 0.15) is 0 Å². The summed E-state index contributed by atoms with van der Waals surface area (Å²) in [5, 5.41) is 3.20. The first-order chi connectivity index (χ1) is 4.65. The highest BCUT2D eigenvalue weighted by atomic mass is 15.0. The fourth-order valence-corrected chi connectivity index (χ4v) is 0.354. The Hall–Kier alpha value is -0.0800. The van der Waals surface area contributed by atoms with Crippen LogP contribution >= 0.6 is 0 Å². The topological polar surface area (TPSA) is 15.3 Å². The molecule has 0 atom stereocenters. The number of hydrogen-bond donors (Lipinski definition) is 1. The molecule has 0 aromatic carbocycles. The normalized spacial score (nSPS) is 9.00. The molecule has 0 saturated carbocycles. The Kier molecular flexibility index (Phi) is 14.7. The van der Waals surface area contributed by atoms with Crippen molar-refractivity contribution in [2.24, 2.45) is 0 Å². The van der Waals surface area contributed by atoms with Crippen molar-refractivity contribution in [3.05, 3.63) is 0 Å². The van der Waals surface area contributed by atoms with Gasteiger partial charge in [0.15, 0.2) is 0 Å². The van der Waals surface area contributed by atoms with Gasteiger partial charge in [-0.15, -0.1) is 0 Å². The molecular formula is C8H22N2. The molecule has 0 saturated heterocycles. The van der Waals surface area contributed by atoms with Crippen molar-refractivity contribution in [3.8, 4) is 0 Å². The zero-order valence-electron chi connectivity index (χ0n) is 8.07. The van der Waals surface area contributed by atoms with Crippen LogP contribution in [-0.2, 0) is 0 Å². The van der Waals surface area contributed by atoms with Gasteiger partial charge >= 0.3 is 0 Å². The number of hydrogen-bond acceptors (Lipinski definition) is 2. The van der Waals surface area contributed by atoms with E-state index in [9.17, 15) is 0 Å². The van der Waals surface area contributed by atoms with Gasteiger partial charge in [0.25, 0.3) is 0 Å². The molecule has 0 unspecified atom stereocenters. The Bertz CT molecular complexity index is 37.8. The summed E-state index contributed by atoms with van der Waals surface area (Å²) in [6.45, 7) is 6.56. The maximum absolute atomic E-state index is 3.20. The quantitative estimate of drug-likeness (QED) is 0.602. The van der Waals surface area contributed by atoms with Crippen LogP contribution in [0.15, 0.2) is 0 Å². The standard InChI is InChI=1S/C5H13N.C3H9N/c1-3-5-6-4-2;1-4(2)3/h6H,3-5H2,1-2H3;1-3H3.